The molecule has 0 aromatic heterocycles. The van der Waals surface area contributed by atoms with Crippen LogP contribution in [0.4, 0.5) is 5.69 Å². The maximum Gasteiger partial charge on any atom is 0.313 e. The highest BCUT2D eigenvalue weighted by Gasteiger charge is 2.41. The van der Waals surface area contributed by atoms with Crippen molar-refractivity contribution in [2.75, 3.05) is 38.2 Å². The average molecular weight is 542 g/mol. The number of rotatable bonds is 7. The highest BCUT2D eigenvalue weighted by Crippen LogP contribution is 2.43. The van der Waals surface area contributed by atoms with Gasteiger partial charge in [0.1, 0.15) is 5.69 Å². The standard InChI is InChI=1S/C30H31N5O5/c1-20-25-27(32-35(29(25)38)22-11-6-3-7-12-22)26-23(28(37)31-21-9-4-2-5-10-21)19-24(36)40-30(26)34(20)14-8-13-33-15-17-39-18-16-33/h2-7,9-12,23H,8,13-19H2,1H3,(H,31,37)/t23-/m0/s1. The van der Waals surface area contributed by atoms with E-state index in [9.17, 15) is 14.4 Å². The van der Waals surface area contributed by atoms with E-state index in [-0.39, 0.29) is 23.8 Å². The molecule has 1 N–H and O–H groups in total. The molecule has 6 rings (SSSR count). The van der Waals surface area contributed by atoms with Crippen LogP contribution >= 0.6 is 0 Å². The smallest absolute Gasteiger partial charge is 0.313 e. The molecule has 2 aromatic carbocycles. The summed E-state index contributed by atoms with van der Waals surface area (Å²) in [6.07, 6.45) is 0.618. The third-order valence-corrected chi connectivity index (χ3v) is 7.59. The molecule has 10 nitrogen and oxygen atoms in total. The molecule has 206 valence electrons. The molecule has 40 heavy (non-hydrogen) atoms. The second kappa shape index (κ2) is 11.1. The predicted octanol–water partition coefficient (Wildman–Crippen LogP) is 3.20. The summed E-state index contributed by atoms with van der Waals surface area (Å²) in [7, 11) is 0. The Labute approximate surface area is 231 Å². The number of benzene rings is 2. The summed E-state index contributed by atoms with van der Waals surface area (Å²) < 4.78 is 14.5. The summed E-state index contributed by atoms with van der Waals surface area (Å²) in [6, 6.07) is 18.3. The fourth-order valence-corrected chi connectivity index (χ4v) is 5.56. The number of amides is 1. The van der Waals surface area contributed by atoms with Crippen LogP contribution in [0.1, 0.15) is 30.0 Å². The summed E-state index contributed by atoms with van der Waals surface area (Å²) >= 11 is 0. The second-order valence-corrected chi connectivity index (χ2v) is 10.1. The van der Waals surface area contributed by atoms with Crippen molar-refractivity contribution in [2.24, 2.45) is 0 Å². The van der Waals surface area contributed by atoms with Gasteiger partial charge >= 0.3 is 5.97 Å². The largest absolute Gasteiger partial charge is 0.409 e. The topological polar surface area (TPSA) is 108 Å². The minimum atomic E-state index is -0.872. The molecule has 4 aliphatic heterocycles. The molecule has 0 saturated carbocycles. The summed E-state index contributed by atoms with van der Waals surface area (Å²) in [5.74, 6) is -1.43. The van der Waals surface area contributed by atoms with Gasteiger partial charge in [-0.2, -0.15) is 9.78 Å². The zero-order valence-corrected chi connectivity index (χ0v) is 22.3. The van der Waals surface area contributed by atoms with Gasteiger partial charge in [-0.3, -0.25) is 19.3 Å². The third-order valence-electron chi connectivity index (χ3n) is 7.59. The number of hydrogen-bond donors (Lipinski definition) is 1. The van der Waals surface area contributed by atoms with Crippen molar-refractivity contribution in [1.82, 2.24) is 19.2 Å². The lowest BCUT2D eigenvalue weighted by atomic mass is 9.88. The molecule has 4 aliphatic rings. The lowest BCUT2D eigenvalue weighted by molar-refractivity contribution is -0.138. The van der Waals surface area contributed by atoms with Crippen LogP contribution in [0.15, 0.2) is 65.5 Å². The van der Waals surface area contributed by atoms with Crippen molar-refractivity contribution < 1.29 is 19.1 Å². The van der Waals surface area contributed by atoms with Gasteiger partial charge in [0.2, 0.25) is 11.8 Å². The lowest BCUT2D eigenvalue weighted by Gasteiger charge is -2.30. The maximum absolute atomic E-state index is 13.8. The van der Waals surface area contributed by atoms with E-state index in [0.717, 1.165) is 26.1 Å². The Morgan fingerprint density at radius 3 is 2.42 bits per heavy atom. The van der Waals surface area contributed by atoms with Crippen LogP contribution in [0.3, 0.4) is 0 Å². The highest BCUT2D eigenvalue weighted by molar-refractivity contribution is 6.01. The zero-order valence-electron chi connectivity index (χ0n) is 22.3. The second-order valence-electron chi connectivity index (χ2n) is 10.1. The Bertz CT molecular complexity index is 1560. The van der Waals surface area contributed by atoms with Crippen molar-refractivity contribution >= 4 is 17.6 Å². The van der Waals surface area contributed by atoms with E-state index < -0.39 is 11.9 Å². The van der Waals surface area contributed by atoms with E-state index in [1.165, 1.54) is 4.68 Å². The van der Waals surface area contributed by atoms with E-state index in [1.807, 2.05) is 60.0 Å². The van der Waals surface area contributed by atoms with Crippen LogP contribution < -0.4 is 15.6 Å². The Morgan fingerprint density at radius 2 is 1.70 bits per heavy atom. The molecule has 1 atom stereocenters. The van der Waals surface area contributed by atoms with Crippen molar-refractivity contribution in [1.29, 1.82) is 0 Å². The van der Waals surface area contributed by atoms with Gasteiger partial charge in [-0.25, -0.2) is 0 Å². The molecular formula is C30H31N5O5. The first-order chi connectivity index (χ1) is 19.5. The molecule has 0 aliphatic carbocycles. The van der Waals surface area contributed by atoms with Crippen LogP contribution in [0.5, 0.6) is 5.88 Å². The fraction of sp³-hybridized carbons (Fsp3) is 0.333. The van der Waals surface area contributed by atoms with Gasteiger partial charge in [-0.1, -0.05) is 36.4 Å². The molecule has 4 heterocycles. The maximum atomic E-state index is 13.8. The molecule has 0 spiro atoms. The number of aromatic nitrogens is 3. The normalized spacial score (nSPS) is 17.4. The fourth-order valence-electron chi connectivity index (χ4n) is 5.56. The molecule has 0 unspecified atom stereocenters. The van der Waals surface area contributed by atoms with Crippen molar-refractivity contribution in [3.63, 3.8) is 0 Å². The molecule has 0 radical (unpaired) electrons. The Morgan fingerprint density at radius 1 is 1.00 bits per heavy atom. The van der Waals surface area contributed by atoms with E-state index in [4.69, 9.17) is 14.6 Å². The SMILES string of the molecule is Cc1c2c(=O)n(-c3ccccc3)nc-2c2c(n1CCCN1CCOCC1)OC(=O)C[C@@H]2C(=O)Nc1ccccc1. The quantitative estimate of drug-likeness (QED) is 0.358. The van der Waals surface area contributed by atoms with Gasteiger partial charge < -0.3 is 19.4 Å². The van der Waals surface area contributed by atoms with Crippen LogP contribution in [-0.2, 0) is 20.9 Å². The number of ether oxygens (including phenoxy) is 2. The third kappa shape index (κ3) is 4.91. The number of carbonyl (C=O) groups excluding carboxylic acids is 2. The number of fused-ring (bicyclic) bond motifs is 3. The van der Waals surface area contributed by atoms with Crippen LogP contribution in [0.2, 0.25) is 0 Å². The average Bonchev–Trinajstić information content (AvgIpc) is 3.33. The van der Waals surface area contributed by atoms with Crippen LogP contribution in [0.25, 0.3) is 16.9 Å². The first-order valence-electron chi connectivity index (χ1n) is 13.6. The number of hydrogen-bond acceptors (Lipinski definition) is 7. The first kappa shape index (κ1) is 26.0. The minimum Gasteiger partial charge on any atom is -0.409 e. The van der Waals surface area contributed by atoms with Crippen molar-refractivity contribution in [3.05, 3.63) is 82.3 Å². The first-order valence-corrected chi connectivity index (χ1v) is 13.6. The van der Waals surface area contributed by atoms with E-state index in [0.29, 0.717) is 53.6 Å². The molecule has 1 fully saturated rings. The minimum absolute atomic E-state index is 0.149. The molecular weight excluding hydrogens is 510 g/mol. The Balaban J connectivity index is 1.46. The summed E-state index contributed by atoms with van der Waals surface area (Å²) in [5, 5.41) is 7.64. The molecule has 0 bridgehead atoms. The predicted molar refractivity (Wildman–Crippen MR) is 149 cm³/mol. The highest BCUT2D eigenvalue weighted by atomic mass is 16.5. The molecule has 1 saturated heterocycles. The number of carbonyl (C=O) groups is 2. The number of nitrogens with one attached hydrogen (secondary N) is 1. The van der Waals surface area contributed by atoms with Crippen LogP contribution in [-0.4, -0.2) is 64.0 Å². The van der Waals surface area contributed by atoms with E-state index in [2.05, 4.69) is 10.2 Å². The number of esters is 1. The monoisotopic (exact) mass is 541 g/mol. The lowest BCUT2D eigenvalue weighted by Crippen LogP contribution is -2.37. The number of nitrogens with zero attached hydrogens (tertiary/aromatic N) is 4. The van der Waals surface area contributed by atoms with Gasteiger partial charge in [0, 0.05) is 37.6 Å². The number of morpholine rings is 1. The van der Waals surface area contributed by atoms with Gasteiger partial charge in [-0.15, -0.1) is 0 Å². The zero-order chi connectivity index (χ0) is 27.6. The Hall–Kier alpha value is -4.28. The van der Waals surface area contributed by atoms with Crippen LogP contribution in [0, 0.1) is 6.92 Å². The summed E-state index contributed by atoms with van der Waals surface area (Å²) in [5.41, 5.74) is 2.88. The van der Waals surface area contributed by atoms with Gasteiger partial charge in [0.25, 0.3) is 5.56 Å². The number of para-hydroxylation sites is 2. The van der Waals surface area contributed by atoms with Gasteiger partial charge in [0.05, 0.1) is 42.4 Å². The number of pyridine rings is 1. The van der Waals surface area contributed by atoms with Crippen molar-refractivity contribution in [3.8, 4) is 22.8 Å². The van der Waals surface area contributed by atoms with Crippen molar-refractivity contribution in [2.45, 2.75) is 32.2 Å². The van der Waals surface area contributed by atoms with E-state index >= 15 is 0 Å². The summed E-state index contributed by atoms with van der Waals surface area (Å²) in [6.45, 7) is 6.35. The van der Waals surface area contributed by atoms with Gasteiger partial charge in [-0.05, 0) is 37.6 Å². The van der Waals surface area contributed by atoms with Gasteiger partial charge in [0.15, 0.2) is 0 Å². The summed E-state index contributed by atoms with van der Waals surface area (Å²) in [4.78, 5) is 42.7. The molecule has 10 heteroatoms. The molecule has 1 amide bonds. The molecule has 2 aromatic rings. The Kier molecular flexibility index (Phi) is 7.19. The van der Waals surface area contributed by atoms with E-state index in [1.54, 1.807) is 12.1 Å². The number of anilines is 1.